The molecule has 0 fully saturated rings. The minimum Gasteiger partial charge on any atom is -0.349 e. The molecule has 0 heterocycles. The Bertz CT molecular complexity index is 144. The van der Waals surface area contributed by atoms with E-state index in [1.165, 1.54) is 0 Å². The fourth-order valence-electron chi connectivity index (χ4n) is 0.892. The zero-order chi connectivity index (χ0) is 9.94. The van der Waals surface area contributed by atoms with Crippen molar-refractivity contribution in [3.8, 4) is 0 Å². The molecule has 0 amide bonds. The van der Waals surface area contributed by atoms with Crippen LogP contribution in [0.15, 0.2) is 24.3 Å². The van der Waals surface area contributed by atoms with Gasteiger partial charge in [-0.05, 0) is 33.3 Å². The topological polar surface area (TPSA) is 18.5 Å². The smallest absolute Gasteiger partial charge is 0.176 e. The van der Waals surface area contributed by atoms with Crippen molar-refractivity contribution in [2.45, 2.75) is 33.5 Å². The molecular weight excluding hydrogens is 164 g/mol. The number of allylic oxidation sites excluding steroid dienone is 3. The molecule has 0 rings (SSSR count). The molecule has 0 radical (unpaired) electrons. The van der Waals surface area contributed by atoms with Crippen LogP contribution in [0.2, 0.25) is 0 Å². The SMILES string of the molecule is C/C=C/C/C=C/C(OCC)OCC. The average Bonchev–Trinajstić information content (AvgIpc) is 2.13. The Labute approximate surface area is 81.2 Å². The maximum absolute atomic E-state index is 5.33. The van der Waals surface area contributed by atoms with Gasteiger partial charge in [0.1, 0.15) is 0 Å². The number of rotatable bonds is 7. The van der Waals surface area contributed by atoms with Crippen LogP contribution in [-0.2, 0) is 9.47 Å². The van der Waals surface area contributed by atoms with Gasteiger partial charge in [0.25, 0.3) is 0 Å². The standard InChI is InChI=1S/C11H20O2/c1-4-7-8-9-10-11(12-5-2)13-6-3/h4,7,9-11H,5-6,8H2,1-3H3/b7-4+,10-9+. The Morgan fingerprint density at radius 2 is 1.69 bits per heavy atom. The van der Waals surface area contributed by atoms with Crippen molar-refractivity contribution in [1.82, 2.24) is 0 Å². The lowest BCUT2D eigenvalue weighted by Crippen LogP contribution is -2.13. The zero-order valence-corrected chi connectivity index (χ0v) is 8.82. The first-order chi connectivity index (χ1) is 6.35. The second kappa shape index (κ2) is 9.49. The van der Waals surface area contributed by atoms with Crippen molar-refractivity contribution in [2.24, 2.45) is 0 Å². The van der Waals surface area contributed by atoms with Gasteiger partial charge < -0.3 is 9.47 Å². The van der Waals surface area contributed by atoms with Gasteiger partial charge in [0, 0.05) is 13.2 Å². The van der Waals surface area contributed by atoms with Crippen molar-refractivity contribution < 1.29 is 9.47 Å². The third-order valence-electron chi connectivity index (χ3n) is 1.46. The van der Waals surface area contributed by atoms with Crippen molar-refractivity contribution in [3.05, 3.63) is 24.3 Å². The van der Waals surface area contributed by atoms with Crippen LogP contribution in [0.5, 0.6) is 0 Å². The summed E-state index contributed by atoms with van der Waals surface area (Å²) < 4.78 is 10.7. The van der Waals surface area contributed by atoms with Gasteiger partial charge >= 0.3 is 0 Å². The summed E-state index contributed by atoms with van der Waals surface area (Å²) in [5.74, 6) is 0. The maximum atomic E-state index is 5.33. The Kier molecular flexibility index (Phi) is 9.05. The van der Waals surface area contributed by atoms with E-state index in [-0.39, 0.29) is 6.29 Å². The third-order valence-corrected chi connectivity index (χ3v) is 1.46. The van der Waals surface area contributed by atoms with E-state index < -0.39 is 0 Å². The van der Waals surface area contributed by atoms with Crippen LogP contribution >= 0.6 is 0 Å². The Morgan fingerprint density at radius 3 is 2.15 bits per heavy atom. The van der Waals surface area contributed by atoms with E-state index in [2.05, 4.69) is 12.2 Å². The molecule has 0 unspecified atom stereocenters. The minimum absolute atomic E-state index is 0.180. The molecule has 0 aromatic heterocycles. The third kappa shape index (κ3) is 7.75. The molecular formula is C11H20O2. The molecule has 2 heteroatoms. The van der Waals surface area contributed by atoms with Crippen molar-refractivity contribution in [1.29, 1.82) is 0 Å². The predicted molar refractivity (Wildman–Crippen MR) is 55.6 cm³/mol. The van der Waals surface area contributed by atoms with E-state index >= 15 is 0 Å². The molecule has 0 atom stereocenters. The van der Waals surface area contributed by atoms with Crippen LogP contribution in [0.3, 0.4) is 0 Å². The van der Waals surface area contributed by atoms with Crippen LogP contribution in [0.1, 0.15) is 27.2 Å². The molecule has 0 aromatic carbocycles. The lowest BCUT2D eigenvalue weighted by molar-refractivity contribution is -0.104. The number of hydrogen-bond donors (Lipinski definition) is 0. The Balaban J connectivity index is 3.71. The maximum Gasteiger partial charge on any atom is 0.176 e. The van der Waals surface area contributed by atoms with Gasteiger partial charge in [-0.3, -0.25) is 0 Å². The first-order valence-corrected chi connectivity index (χ1v) is 4.86. The highest BCUT2D eigenvalue weighted by Gasteiger charge is 2.00. The first-order valence-electron chi connectivity index (χ1n) is 4.86. The molecule has 0 N–H and O–H groups in total. The van der Waals surface area contributed by atoms with E-state index in [9.17, 15) is 0 Å². The zero-order valence-electron chi connectivity index (χ0n) is 8.82. The van der Waals surface area contributed by atoms with Crippen molar-refractivity contribution in [3.63, 3.8) is 0 Å². The van der Waals surface area contributed by atoms with Crippen LogP contribution in [-0.4, -0.2) is 19.5 Å². The minimum atomic E-state index is -0.180. The van der Waals surface area contributed by atoms with Gasteiger partial charge in [0.2, 0.25) is 0 Å². The predicted octanol–water partition coefficient (Wildman–Crippen LogP) is 2.91. The quantitative estimate of drug-likeness (QED) is 0.447. The van der Waals surface area contributed by atoms with Crippen molar-refractivity contribution in [2.75, 3.05) is 13.2 Å². The van der Waals surface area contributed by atoms with E-state index in [1.807, 2.05) is 32.9 Å². The van der Waals surface area contributed by atoms with Gasteiger partial charge in [-0.15, -0.1) is 0 Å². The Hall–Kier alpha value is -0.600. The van der Waals surface area contributed by atoms with Gasteiger partial charge in [-0.25, -0.2) is 0 Å². The first kappa shape index (κ1) is 12.4. The monoisotopic (exact) mass is 184 g/mol. The molecule has 0 saturated carbocycles. The van der Waals surface area contributed by atoms with Gasteiger partial charge in [-0.2, -0.15) is 0 Å². The summed E-state index contributed by atoms with van der Waals surface area (Å²) in [6, 6.07) is 0. The second-order valence-corrected chi connectivity index (χ2v) is 2.51. The number of hydrogen-bond acceptors (Lipinski definition) is 2. The molecule has 0 saturated heterocycles. The molecule has 0 aliphatic rings. The van der Waals surface area contributed by atoms with E-state index in [0.717, 1.165) is 6.42 Å². The number of ether oxygens (including phenoxy) is 2. The van der Waals surface area contributed by atoms with Crippen LogP contribution < -0.4 is 0 Å². The highest BCUT2D eigenvalue weighted by molar-refractivity contribution is 4.93. The normalized spacial score (nSPS) is 12.3. The highest BCUT2D eigenvalue weighted by atomic mass is 16.7. The summed E-state index contributed by atoms with van der Waals surface area (Å²) in [5, 5.41) is 0. The molecule has 76 valence electrons. The fraction of sp³-hybridized carbons (Fsp3) is 0.636. The second-order valence-electron chi connectivity index (χ2n) is 2.51. The molecule has 0 aliphatic carbocycles. The summed E-state index contributed by atoms with van der Waals surface area (Å²) in [5.41, 5.74) is 0. The summed E-state index contributed by atoms with van der Waals surface area (Å²) in [4.78, 5) is 0. The highest BCUT2D eigenvalue weighted by Crippen LogP contribution is 1.98. The molecule has 0 aliphatic heterocycles. The lowest BCUT2D eigenvalue weighted by Gasteiger charge is -2.11. The van der Waals surface area contributed by atoms with Gasteiger partial charge in [0.15, 0.2) is 6.29 Å². The summed E-state index contributed by atoms with van der Waals surface area (Å²) >= 11 is 0. The van der Waals surface area contributed by atoms with Crippen LogP contribution in [0, 0.1) is 0 Å². The molecule has 2 nitrogen and oxygen atoms in total. The average molecular weight is 184 g/mol. The molecule has 0 bridgehead atoms. The van der Waals surface area contributed by atoms with E-state index in [1.54, 1.807) is 0 Å². The van der Waals surface area contributed by atoms with Gasteiger partial charge in [0.05, 0.1) is 0 Å². The largest absolute Gasteiger partial charge is 0.349 e. The van der Waals surface area contributed by atoms with Crippen LogP contribution in [0.4, 0.5) is 0 Å². The molecule has 13 heavy (non-hydrogen) atoms. The Morgan fingerprint density at radius 1 is 1.08 bits per heavy atom. The molecule has 0 spiro atoms. The van der Waals surface area contributed by atoms with E-state index in [4.69, 9.17) is 9.47 Å². The van der Waals surface area contributed by atoms with Crippen LogP contribution in [0.25, 0.3) is 0 Å². The van der Waals surface area contributed by atoms with E-state index in [0.29, 0.717) is 13.2 Å². The molecule has 0 aromatic rings. The summed E-state index contributed by atoms with van der Waals surface area (Å²) in [6.45, 7) is 7.30. The lowest BCUT2D eigenvalue weighted by atomic mass is 10.3. The van der Waals surface area contributed by atoms with Gasteiger partial charge in [-0.1, -0.05) is 18.2 Å². The summed E-state index contributed by atoms with van der Waals surface area (Å²) in [7, 11) is 0. The van der Waals surface area contributed by atoms with Crippen molar-refractivity contribution >= 4 is 0 Å². The summed E-state index contributed by atoms with van der Waals surface area (Å²) in [6.07, 6.45) is 8.88. The fourth-order valence-corrected chi connectivity index (χ4v) is 0.892.